The quantitative estimate of drug-likeness (QED) is 0.0108. The van der Waals surface area contributed by atoms with Gasteiger partial charge in [0.15, 0.2) is 18.7 Å². The topological polar surface area (TPSA) is 300 Å². The van der Waals surface area contributed by atoms with Crippen molar-refractivity contribution in [1.82, 2.24) is 5.32 Å². The number of carbonyl (C=O) groups excluding carboxylic acids is 3. The minimum atomic E-state index is -5.29. The molecule has 0 aromatic rings. The average Bonchev–Trinajstić information content (AvgIpc) is 1.36. The summed E-state index contributed by atoms with van der Waals surface area (Å²) in [5, 5.41) is 15.2. The number of phosphoric acid groups is 2. The van der Waals surface area contributed by atoms with Crippen molar-refractivity contribution in [2.75, 3.05) is 53.9 Å². The first-order valence-electron chi connectivity index (χ1n) is 36.0. The van der Waals surface area contributed by atoms with Gasteiger partial charge in [-0.05, 0) is 57.8 Å². The summed E-state index contributed by atoms with van der Waals surface area (Å²) >= 11 is 0. The predicted molar refractivity (Wildman–Crippen MR) is 356 cm³/mol. The zero-order valence-electron chi connectivity index (χ0n) is 57.7. The molecule has 0 aromatic heterocycles. The van der Waals surface area contributed by atoms with Crippen LogP contribution in [0.4, 0.5) is 0 Å². The molecule has 542 valence electrons. The van der Waals surface area contributed by atoms with E-state index in [-0.39, 0.29) is 44.5 Å². The highest BCUT2D eigenvalue weighted by molar-refractivity contribution is 7.46. The number of carbonyl (C=O) groups is 3. The molecule has 6 N–H and O–H groups in total. The van der Waals surface area contributed by atoms with Crippen LogP contribution in [0, 0.1) is 0 Å². The van der Waals surface area contributed by atoms with E-state index in [1.54, 1.807) is 7.11 Å². The number of phosphoric ester groups is 2. The van der Waals surface area contributed by atoms with Gasteiger partial charge in [0.2, 0.25) is 5.91 Å². The molecule has 0 spiro atoms. The number of amides is 1. The van der Waals surface area contributed by atoms with Gasteiger partial charge >= 0.3 is 21.6 Å². The zero-order chi connectivity index (χ0) is 67.5. The maximum Gasteiger partial charge on any atom is 0.470 e. The predicted octanol–water partition coefficient (Wildman–Crippen LogP) is 14.1. The second-order valence-electron chi connectivity index (χ2n) is 25.3. The van der Waals surface area contributed by atoms with Crippen LogP contribution in [0.1, 0.15) is 285 Å². The van der Waals surface area contributed by atoms with Crippen LogP contribution in [0.15, 0.2) is 12.2 Å². The number of esters is 1. The lowest BCUT2D eigenvalue weighted by Gasteiger charge is -2.47. The summed E-state index contributed by atoms with van der Waals surface area (Å²) in [4.78, 5) is 80.9. The molecule has 0 aliphatic carbocycles. The molecular formula is C68H129NO21P2. The first-order chi connectivity index (χ1) is 44.4. The molecule has 2 aliphatic heterocycles. The Labute approximate surface area is 554 Å². The Morgan fingerprint density at radius 2 is 0.989 bits per heavy atom. The Morgan fingerprint density at radius 1 is 0.489 bits per heavy atom. The van der Waals surface area contributed by atoms with Gasteiger partial charge in [0, 0.05) is 40.3 Å². The first kappa shape index (κ1) is 86.3. The van der Waals surface area contributed by atoms with E-state index in [9.17, 15) is 48.2 Å². The molecule has 2 rings (SSSR count). The molecule has 24 heteroatoms. The van der Waals surface area contributed by atoms with E-state index in [1.807, 2.05) is 0 Å². The SMILES string of the molecule is CCCCCC/C=C\CCCCCCCCCC(=O)O[C@H]1[C@H](OC[C@H]2O[C@H](OCCOP(=O)(O)O)[C@H](NC(=O)CC(=O)CCCCCCCCCCC)[C@@H](OCCCCCCCCCC)[C@@H]2O)O[C@H](COC)[C@@H](OP(=O)(O)O)[C@@H]1OCC[C@@H](CCCCCCC)OC. The Hall–Kier alpha value is -1.79. The summed E-state index contributed by atoms with van der Waals surface area (Å²) in [6.07, 6.45) is 28.7. The third-order valence-electron chi connectivity index (χ3n) is 17.1. The van der Waals surface area contributed by atoms with E-state index >= 15 is 0 Å². The van der Waals surface area contributed by atoms with Crippen LogP contribution >= 0.6 is 15.6 Å². The number of ether oxygens (including phenoxy) is 9. The molecule has 2 aliphatic rings. The van der Waals surface area contributed by atoms with E-state index in [2.05, 4.69) is 49.7 Å². The fraction of sp³-hybridized carbons (Fsp3) is 0.926. The average molecular weight is 1360 g/mol. The fourth-order valence-corrected chi connectivity index (χ4v) is 12.7. The van der Waals surface area contributed by atoms with Crippen molar-refractivity contribution in [2.24, 2.45) is 0 Å². The number of unbranched alkanes of at least 4 members (excludes halogenated alkanes) is 30. The molecule has 0 bridgehead atoms. The summed E-state index contributed by atoms with van der Waals surface area (Å²) in [5.41, 5.74) is 0. The number of hydrogen-bond acceptors (Lipinski definition) is 17. The van der Waals surface area contributed by atoms with Crippen LogP contribution in [0.3, 0.4) is 0 Å². The summed E-state index contributed by atoms with van der Waals surface area (Å²) in [6.45, 7) is 6.97. The highest BCUT2D eigenvalue weighted by atomic mass is 31.2. The number of Topliss-reactive ketones (excluding diaryl/α,β-unsaturated/α-hetero) is 1. The van der Waals surface area contributed by atoms with Crippen LogP contribution < -0.4 is 5.32 Å². The van der Waals surface area contributed by atoms with Crippen molar-refractivity contribution in [3.63, 3.8) is 0 Å². The highest BCUT2D eigenvalue weighted by Gasteiger charge is 2.54. The van der Waals surface area contributed by atoms with Gasteiger partial charge in [-0.2, -0.15) is 0 Å². The van der Waals surface area contributed by atoms with Crippen molar-refractivity contribution in [1.29, 1.82) is 0 Å². The molecule has 2 fully saturated rings. The smallest absolute Gasteiger partial charge is 0.454 e. The molecule has 0 aromatic carbocycles. The van der Waals surface area contributed by atoms with Crippen LogP contribution in [0.2, 0.25) is 0 Å². The Bertz CT molecular complexity index is 1950. The summed E-state index contributed by atoms with van der Waals surface area (Å²) < 4.78 is 90.6. The first-order valence-corrected chi connectivity index (χ1v) is 39.0. The molecule has 0 unspecified atom stereocenters. The normalized spacial score (nSPS) is 22.5. The molecule has 2 saturated heterocycles. The van der Waals surface area contributed by atoms with E-state index < -0.39 is 115 Å². The zero-order valence-corrected chi connectivity index (χ0v) is 59.5. The number of rotatable bonds is 62. The Kier molecular flexibility index (Phi) is 51.7. The maximum atomic E-state index is 14.1. The van der Waals surface area contributed by atoms with E-state index in [0.717, 1.165) is 154 Å². The van der Waals surface area contributed by atoms with Gasteiger partial charge in [-0.15, -0.1) is 0 Å². The molecule has 92 heavy (non-hydrogen) atoms. The van der Waals surface area contributed by atoms with Gasteiger partial charge < -0.3 is 72.6 Å². The minimum Gasteiger partial charge on any atom is -0.454 e. The van der Waals surface area contributed by atoms with Crippen molar-refractivity contribution < 1.29 is 99.9 Å². The van der Waals surface area contributed by atoms with Crippen molar-refractivity contribution in [3.05, 3.63) is 12.2 Å². The third-order valence-corrected chi connectivity index (χ3v) is 18.1. The van der Waals surface area contributed by atoms with Crippen LogP contribution in [0.5, 0.6) is 0 Å². The molecule has 2 heterocycles. The largest absolute Gasteiger partial charge is 0.470 e. The van der Waals surface area contributed by atoms with E-state index in [4.69, 9.17) is 47.2 Å². The van der Waals surface area contributed by atoms with Crippen LogP contribution in [0.25, 0.3) is 0 Å². The fourth-order valence-electron chi connectivity index (χ4n) is 11.8. The molecule has 0 radical (unpaired) electrons. The lowest BCUT2D eigenvalue weighted by atomic mass is 9.95. The van der Waals surface area contributed by atoms with Crippen molar-refractivity contribution in [2.45, 2.75) is 352 Å². The van der Waals surface area contributed by atoms with Gasteiger partial charge in [0.05, 0.1) is 39.0 Å². The lowest BCUT2D eigenvalue weighted by Crippen LogP contribution is -2.66. The van der Waals surface area contributed by atoms with Crippen LogP contribution in [-0.4, -0.2) is 164 Å². The lowest BCUT2D eigenvalue weighted by molar-refractivity contribution is -0.327. The van der Waals surface area contributed by atoms with E-state index in [0.29, 0.717) is 25.7 Å². The number of methoxy groups -OCH3 is 2. The summed E-state index contributed by atoms with van der Waals surface area (Å²) in [6, 6.07) is -1.27. The maximum absolute atomic E-state index is 14.1. The van der Waals surface area contributed by atoms with Gasteiger partial charge in [0.25, 0.3) is 0 Å². The van der Waals surface area contributed by atoms with Gasteiger partial charge in [0.1, 0.15) is 48.4 Å². The number of hydrogen-bond donors (Lipinski definition) is 6. The minimum absolute atomic E-state index is 0.000670. The van der Waals surface area contributed by atoms with Gasteiger partial charge in [-0.3, -0.25) is 23.4 Å². The van der Waals surface area contributed by atoms with Gasteiger partial charge in [-0.25, -0.2) is 9.13 Å². The third kappa shape index (κ3) is 42.8. The molecule has 1 amide bonds. The number of nitrogens with one attached hydrogen (secondary N) is 1. The summed E-state index contributed by atoms with van der Waals surface area (Å²) in [5.74, 6) is -1.59. The van der Waals surface area contributed by atoms with E-state index in [1.165, 1.54) is 64.9 Å². The Morgan fingerprint density at radius 3 is 1.53 bits per heavy atom. The molecule has 11 atom stereocenters. The monoisotopic (exact) mass is 1360 g/mol. The van der Waals surface area contributed by atoms with Gasteiger partial charge in [-0.1, -0.05) is 220 Å². The van der Waals surface area contributed by atoms with Crippen LogP contribution in [-0.2, 0) is 75.2 Å². The number of aliphatic hydroxyl groups is 1. The summed E-state index contributed by atoms with van der Waals surface area (Å²) in [7, 11) is -7.25. The number of ketones is 1. The molecule has 22 nitrogen and oxygen atoms in total. The van der Waals surface area contributed by atoms with Crippen molar-refractivity contribution in [3.8, 4) is 0 Å². The standard InChI is InChI=1S/C68H129NO21P2/c1-7-11-15-19-22-25-26-27-28-29-30-32-34-38-42-46-60(72)89-66-65(83-49-47-56(81-6)45-41-36-18-14-10-4)63(90-92(77,78)79)58(53-80-5)88-68(66)85-54-57-62(73)64(82-48-43-39-35-24-21-17-13-9-3)61(67(87-57)84-50-51-86-91(74,75)76)69-59(71)52-55(70)44-40-37-33-31-23-20-16-12-8-2/h25-26,56-58,61-68,73H,7-24,27-54H2,1-6H3,(H,69,71)(H2,74,75,76)(H2,77,78,79)/b26-25-/t56-,57-,58-,61-,62-,63-,64-,65+,66-,67+,68-/m1/s1. The Balaban J connectivity index is 2.50. The number of allylic oxidation sites excluding steroid dienone is 2. The molecule has 0 saturated carbocycles. The number of aliphatic hydroxyl groups excluding tert-OH is 1. The second-order valence-corrected chi connectivity index (χ2v) is 27.7. The highest BCUT2D eigenvalue weighted by Crippen LogP contribution is 2.43. The van der Waals surface area contributed by atoms with Crippen molar-refractivity contribution >= 4 is 33.3 Å². The second kappa shape index (κ2) is 55.1. The molecular weight excluding hydrogens is 1230 g/mol.